The van der Waals surface area contributed by atoms with E-state index in [1.54, 1.807) is 103 Å². The molecule has 0 amide bonds. The van der Waals surface area contributed by atoms with Crippen LogP contribution in [0.5, 0.6) is 23.0 Å². The zero-order valence-corrected chi connectivity index (χ0v) is 74.3. The van der Waals surface area contributed by atoms with Crippen molar-refractivity contribution in [2.24, 2.45) is 0 Å². The molecule has 0 atom stereocenters. The number of carbonyl (C=O) groups excluding carboxylic acids is 1. The molecule has 42 heteroatoms. The molecule has 22 nitrogen and oxygen atoms in total. The molecule has 3 saturated heterocycles. The predicted octanol–water partition coefficient (Wildman–Crippen LogP) is 23.8. The Bertz CT molecular complexity index is 6260. The number of nitrogens with zero attached hydrogens (tertiary/aromatic N) is 10. The summed E-state index contributed by atoms with van der Waals surface area (Å²) < 4.78 is 156. The van der Waals surface area contributed by atoms with Crippen molar-refractivity contribution in [1.29, 1.82) is 10.5 Å². The number of β-amino-alcohol motifs (C(OH)–C–C–N with tert-alkyl or cyclic N) is 3. The molecule has 0 unspecified atom stereocenters. The summed E-state index contributed by atoms with van der Waals surface area (Å²) in [6, 6.07) is 40.3. The zero-order chi connectivity index (χ0) is 91.3. The van der Waals surface area contributed by atoms with Gasteiger partial charge in [0.05, 0.1) is 99.2 Å². The first kappa shape index (κ1) is 95.3. The van der Waals surface area contributed by atoms with Gasteiger partial charge in [0.25, 0.3) is 6.47 Å². The van der Waals surface area contributed by atoms with Crippen LogP contribution < -0.4 is 34.1 Å². The van der Waals surface area contributed by atoms with Gasteiger partial charge in [0, 0.05) is 64.2 Å². The van der Waals surface area contributed by atoms with Crippen LogP contribution in [0.2, 0.25) is 50.4 Å². The van der Waals surface area contributed by atoms with Gasteiger partial charge in [0.15, 0.2) is 22.8 Å². The maximum atomic E-state index is 13.4. The lowest BCUT2D eigenvalue weighted by Gasteiger charge is -2.47. The number of pyridine rings is 3. The first-order chi connectivity index (χ1) is 60.9. The number of anilines is 2. The third-order valence-corrected chi connectivity index (χ3v) is 24.5. The molecular formula is C87H63Cl11F9N11O11. The second-order valence-corrected chi connectivity index (χ2v) is 34.5. The molecule has 0 bridgehead atoms. The Kier molecular flexibility index (Phi) is 28.5. The van der Waals surface area contributed by atoms with Crippen LogP contribution in [-0.4, -0.2) is 91.5 Å². The number of benzene rings is 6. The number of nitriles is 2. The van der Waals surface area contributed by atoms with Crippen LogP contribution in [0.4, 0.5) is 51.1 Å². The number of aromatic nitrogens is 6. The van der Waals surface area contributed by atoms with Crippen molar-refractivity contribution in [3.63, 3.8) is 0 Å². The molecule has 6 aromatic carbocycles. The van der Waals surface area contributed by atoms with Gasteiger partial charge in [-0.2, -0.15) is 50.0 Å². The van der Waals surface area contributed by atoms with E-state index in [1.807, 2.05) is 6.07 Å². The Balaban J connectivity index is 0.000000147. The molecule has 12 aromatic rings. The van der Waals surface area contributed by atoms with Gasteiger partial charge in [-0.3, -0.25) is 4.79 Å². The van der Waals surface area contributed by atoms with Crippen molar-refractivity contribution >= 4 is 147 Å². The second kappa shape index (κ2) is 38.6. The van der Waals surface area contributed by atoms with Gasteiger partial charge >= 0.3 is 18.5 Å². The topological polar surface area (TPSA) is 298 Å². The number of ether oxygens (including phenoxy) is 4. The number of aliphatic hydroxyl groups is 3. The standard InChI is InChI=1S/C29H20Cl3F3N4O3.C29H21Cl3F3N3O5.C22H19Cl3N2O3.C7H2ClF3N2.ClH/c30-20-2-1-3-21(31)24(20)25-18(26(42-38-25)15-4-5-15)12-41-17-7-8-19(22(32)10-17)28(40)13-39(14-28)23-9-6-16(11-36)27(37-23)29(33,34)35;30-19-2-1-3-20(31)24(19)25-17(26(43-37-25)15-4-5-15)11-41-16-6-7-18(21(32)10-16)28(40)12-38(13-28)23-9-8-22(42-14-39)27(36-23)29(33,34)35;23-16-2-1-3-17(24)19(16)20-14(21(30-27-20)12-4-5-12)9-29-13-6-7-15(18(25)8-13)22(28)10-26-11-22;8-5-2-1-4(3-12)6(13-5)7(9,10)11;/h1-3,6-10,15,40H,4-5,12-14H2;1-3,6-10,14-15,40H,4-5,11-13H2;1-3,6-8,12,26,28H,4-5,9-11H2;1-2H;1H. The van der Waals surface area contributed by atoms with Crippen LogP contribution in [0.3, 0.4) is 0 Å². The van der Waals surface area contributed by atoms with Crippen LogP contribution in [-0.2, 0) is 59.9 Å². The van der Waals surface area contributed by atoms with Crippen molar-refractivity contribution in [3.8, 4) is 68.9 Å². The summed E-state index contributed by atoms with van der Waals surface area (Å²) in [6.07, 6.45) is -8.26. The Morgan fingerprint density at radius 3 is 1.05 bits per heavy atom. The molecule has 0 radical (unpaired) electrons. The average molecular weight is 2000 g/mol. The fourth-order valence-electron chi connectivity index (χ4n) is 14.5. The molecule has 6 aliphatic rings. The summed E-state index contributed by atoms with van der Waals surface area (Å²) in [5.41, 5.74) is -1.64. The Hall–Kier alpha value is -9.75. The first-order valence-electron chi connectivity index (χ1n) is 38.6. The third-order valence-electron chi connectivity index (χ3n) is 21.5. The normalized spacial score (nSPS) is 15.8. The molecule has 3 aliphatic heterocycles. The SMILES string of the molecule is Cl.N#Cc1ccc(Cl)nc1C(F)(F)F.N#Cc1ccc(N2CC(O)(c3ccc(OCc4c(-c5c(Cl)cccc5Cl)noc4C4CC4)cc3Cl)C2)nc1C(F)(F)F.O=COc1ccc(N2CC(O)(c3ccc(OCc4c(-c5c(Cl)cccc5Cl)noc4C4CC4)cc3Cl)C2)nc1C(F)(F)F.OC1(c2ccc(OCc3c(-c4c(Cl)cccc4Cl)noc3C3CC3)cc2Cl)CNC1. The predicted molar refractivity (Wildman–Crippen MR) is 464 cm³/mol. The lowest BCUT2D eigenvalue weighted by atomic mass is 9.86. The van der Waals surface area contributed by atoms with Gasteiger partial charge in [0.2, 0.25) is 0 Å². The number of alkyl halides is 9. The van der Waals surface area contributed by atoms with Crippen molar-refractivity contribution < 1.29 is 92.1 Å². The fraction of sp³-hybridized carbons (Fsp3) is 0.276. The first-order valence-corrected chi connectivity index (χ1v) is 42.4. The van der Waals surface area contributed by atoms with Gasteiger partial charge in [0.1, 0.15) is 117 Å². The number of rotatable bonds is 22. The van der Waals surface area contributed by atoms with E-state index >= 15 is 0 Å². The lowest BCUT2D eigenvalue weighted by molar-refractivity contribution is -0.143. The summed E-state index contributed by atoms with van der Waals surface area (Å²) >= 11 is 63.3. The minimum atomic E-state index is -4.85. The number of hydrogen-bond acceptors (Lipinski definition) is 22. The number of carbonyl (C=O) groups is 1. The Morgan fingerprint density at radius 1 is 0.434 bits per heavy atom. The Labute approximate surface area is 783 Å². The molecule has 672 valence electrons. The molecular weight excluding hydrogens is 1940 g/mol. The maximum absolute atomic E-state index is 13.4. The van der Waals surface area contributed by atoms with Crippen LogP contribution in [0, 0.1) is 22.7 Å². The second-order valence-electron chi connectivity index (χ2n) is 30.5. The lowest BCUT2D eigenvalue weighted by Crippen LogP contribution is -2.60. The number of nitrogens with one attached hydrogen (secondary N) is 1. The Morgan fingerprint density at radius 2 is 0.752 bits per heavy atom. The smallest absolute Gasteiger partial charge is 0.437 e. The van der Waals surface area contributed by atoms with Crippen molar-refractivity contribution in [2.75, 3.05) is 49.1 Å². The van der Waals surface area contributed by atoms with E-state index in [9.17, 15) is 59.6 Å². The van der Waals surface area contributed by atoms with E-state index in [0.717, 1.165) is 91.0 Å². The van der Waals surface area contributed by atoms with Crippen LogP contribution in [0.15, 0.2) is 159 Å². The molecule has 9 heterocycles. The van der Waals surface area contributed by atoms with E-state index < -0.39 is 69.3 Å². The summed E-state index contributed by atoms with van der Waals surface area (Å²) in [6.45, 7) is 1.08. The fourth-order valence-corrected chi connectivity index (χ4v) is 17.4. The van der Waals surface area contributed by atoms with E-state index in [2.05, 4.69) is 40.5 Å². The summed E-state index contributed by atoms with van der Waals surface area (Å²) in [5.74, 6) is 3.75. The quantitative estimate of drug-likeness (QED) is 0.0278. The molecule has 6 aromatic heterocycles. The summed E-state index contributed by atoms with van der Waals surface area (Å²) in [5, 5.41) is 69.5. The molecule has 129 heavy (non-hydrogen) atoms. The minimum absolute atomic E-state index is 0. The maximum Gasteiger partial charge on any atom is 0.437 e. The van der Waals surface area contributed by atoms with Gasteiger partial charge in [-0.05, 0) is 148 Å². The third kappa shape index (κ3) is 20.9. The molecule has 3 aliphatic carbocycles. The minimum Gasteiger partial charge on any atom is -0.489 e. The van der Waals surface area contributed by atoms with Crippen LogP contribution in [0.1, 0.15) is 135 Å². The molecule has 18 rings (SSSR count). The molecule has 3 saturated carbocycles. The van der Waals surface area contributed by atoms with Crippen LogP contribution in [0.25, 0.3) is 33.8 Å². The number of hydrogen-bond donors (Lipinski definition) is 4. The zero-order valence-electron chi connectivity index (χ0n) is 65.9. The van der Waals surface area contributed by atoms with Gasteiger partial charge in [-0.15, -0.1) is 12.4 Å². The summed E-state index contributed by atoms with van der Waals surface area (Å²) in [4.78, 5) is 23.8. The molecule has 4 N–H and O–H groups in total. The van der Waals surface area contributed by atoms with Crippen molar-refractivity contribution in [1.82, 2.24) is 35.7 Å². The highest BCUT2D eigenvalue weighted by Gasteiger charge is 2.49. The van der Waals surface area contributed by atoms with E-state index in [0.29, 0.717) is 128 Å². The highest BCUT2D eigenvalue weighted by molar-refractivity contribution is 6.40. The number of halogens is 20. The van der Waals surface area contributed by atoms with Gasteiger partial charge in [-0.1, -0.05) is 168 Å². The largest absolute Gasteiger partial charge is 0.489 e. The molecule has 0 spiro atoms. The van der Waals surface area contributed by atoms with E-state index in [-0.39, 0.29) is 104 Å². The van der Waals surface area contributed by atoms with Gasteiger partial charge in [-0.25, -0.2) is 15.0 Å². The van der Waals surface area contributed by atoms with Crippen molar-refractivity contribution in [3.05, 3.63) is 275 Å². The highest BCUT2D eigenvalue weighted by Crippen LogP contribution is 2.52. The average Bonchev–Trinajstić information content (AvgIpc) is 1.64. The van der Waals surface area contributed by atoms with E-state index in [4.69, 9.17) is 154 Å². The van der Waals surface area contributed by atoms with E-state index in [1.165, 1.54) is 34.1 Å². The van der Waals surface area contributed by atoms with Gasteiger partial charge < -0.3 is 63.0 Å². The highest BCUT2D eigenvalue weighted by atomic mass is 35.5. The monoisotopic (exact) mass is 1990 g/mol. The summed E-state index contributed by atoms with van der Waals surface area (Å²) in [7, 11) is 0. The van der Waals surface area contributed by atoms with Crippen molar-refractivity contribution in [2.45, 2.75) is 111 Å². The van der Waals surface area contributed by atoms with Crippen LogP contribution >= 0.6 is 128 Å². The molecule has 6 fully saturated rings.